The van der Waals surface area contributed by atoms with Gasteiger partial charge in [-0.2, -0.15) is 0 Å². The molecule has 0 heterocycles. The average molecular weight is 296 g/mol. The smallest absolute Gasteiger partial charge is 0.407 e. The normalized spacial score (nSPS) is 34.0. The quantitative estimate of drug-likeness (QED) is 0.783. The minimum absolute atomic E-state index is 0.330. The number of alkyl carbamates (subject to hydrolysis) is 1. The lowest BCUT2D eigenvalue weighted by atomic mass is 9.69. The van der Waals surface area contributed by atoms with Crippen LogP contribution >= 0.6 is 0 Å². The number of hydrogen-bond acceptors (Lipinski definition) is 3. The maximum Gasteiger partial charge on any atom is 0.407 e. The van der Waals surface area contributed by atoms with Crippen LogP contribution in [0.2, 0.25) is 0 Å². The van der Waals surface area contributed by atoms with Crippen LogP contribution in [0.4, 0.5) is 4.79 Å². The zero-order valence-corrected chi connectivity index (χ0v) is 14.5. The zero-order valence-electron chi connectivity index (χ0n) is 14.5. The highest BCUT2D eigenvalue weighted by atomic mass is 16.6. The number of rotatable bonds is 4. The van der Waals surface area contributed by atoms with E-state index in [-0.39, 0.29) is 6.09 Å². The summed E-state index contributed by atoms with van der Waals surface area (Å²) in [4.78, 5) is 11.6. The van der Waals surface area contributed by atoms with Crippen LogP contribution in [0.1, 0.15) is 60.8 Å². The van der Waals surface area contributed by atoms with Crippen LogP contribution in [0.3, 0.4) is 0 Å². The van der Waals surface area contributed by atoms with E-state index in [2.05, 4.69) is 31.4 Å². The van der Waals surface area contributed by atoms with Gasteiger partial charge in [0.1, 0.15) is 5.60 Å². The molecule has 0 saturated heterocycles. The van der Waals surface area contributed by atoms with E-state index in [1.165, 1.54) is 19.3 Å². The van der Waals surface area contributed by atoms with Crippen LogP contribution in [0, 0.1) is 16.7 Å². The van der Waals surface area contributed by atoms with Gasteiger partial charge in [0.05, 0.1) is 0 Å². The Morgan fingerprint density at radius 2 is 1.90 bits per heavy atom. The number of carbonyl (C=O) groups excluding carboxylic acids is 1. The van der Waals surface area contributed by atoms with Gasteiger partial charge in [0.15, 0.2) is 0 Å². The molecule has 1 amide bonds. The largest absolute Gasteiger partial charge is 0.444 e. The summed E-state index contributed by atoms with van der Waals surface area (Å²) in [5, 5.41) is 6.47. The van der Waals surface area contributed by atoms with E-state index >= 15 is 0 Å². The van der Waals surface area contributed by atoms with Crippen LogP contribution in [-0.2, 0) is 4.74 Å². The van der Waals surface area contributed by atoms with Crippen LogP contribution in [-0.4, -0.2) is 30.8 Å². The number of fused-ring (bicyclic) bond motifs is 2. The van der Waals surface area contributed by atoms with Crippen molar-refractivity contribution in [3.63, 3.8) is 0 Å². The van der Waals surface area contributed by atoms with E-state index in [4.69, 9.17) is 4.74 Å². The molecular weight excluding hydrogens is 264 g/mol. The highest BCUT2D eigenvalue weighted by Gasteiger charge is 2.60. The molecule has 2 bridgehead atoms. The van der Waals surface area contributed by atoms with Crippen molar-refractivity contribution in [3.05, 3.63) is 0 Å². The third kappa shape index (κ3) is 3.20. The molecular formula is C17H32N2O2. The van der Waals surface area contributed by atoms with Crippen molar-refractivity contribution >= 4 is 6.09 Å². The molecule has 2 aliphatic carbocycles. The van der Waals surface area contributed by atoms with E-state index in [1.807, 2.05) is 20.8 Å². The Labute approximate surface area is 129 Å². The lowest BCUT2D eigenvalue weighted by Crippen LogP contribution is -2.47. The van der Waals surface area contributed by atoms with Gasteiger partial charge in [-0.25, -0.2) is 4.79 Å². The minimum Gasteiger partial charge on any atom is -0.444 e. The van der Waals surface area contributed by atoms with Gasteiger partial charge in [0.25, 0.3) is 0 Å². The predicted octanol–water partition coefficient (Wildman–Crippen LogP) is 3.32. The molecule has 0 radical (unpaired) electrons. The van der Waals surface area contributed by atoms with Crippen molar-refractivity contribution in [2.45, 2.75) is 72.4 Å². The van der Waals surface area contributed by atoms with Crippen LogP contribution in [0.25, 0.3) is 0 Å². The maximum atomic E-state index is 11.6. The monoisotopic (exact) mass is 296 g/mol. The first-order valence-electron chi connectivity index (χ1n) is 8.26. The molecule has 2 N–H and O–H groups in total. The average Bonchev–Trinajstić information content (AvgIpc) is 2.65. The molecule has 0 aromatic carbocycles. The summed E-state index contributed by atoms with van der Waals surface area (Å²) in [5.41, 5.74) is 0.395. The van der Waals surface area contributed by atoms with Gasteiger partial charge in [-0.1, -0.05) is 20.8 Å². The van der Waals surface area contributed by atoms with E-state index in [1.54, 1.807) is 0 Å². The number of ether oxygens (including phenoxy) is 1. The van der Waals surface area contributed by atoms with Gasteiger partial charge in [0.2, 0.25) is 0 Å². The summed E-state index contributed by atoms with van der Waals surface area (Å²) in [6.07, 6.45) is 3.64. The van der Waals surface area contributed by atoms with Gasteiger partial charge < -0.3 is 15.4 Å². The minimum atomic E-state index is -0.431. The third-order valence-corrected chi connectivity index (χ3v) is 5.98. The van der Waals surface area contributed by atoms with E-state index in [0.717, 1.165) is 12.5 Å². The van der Waals surface area contributed by atoms with Gasteiger partial charge in [-0.05, 0) is 56.8 Å². The summed E-state index contributed by atoms with van der Waals surface area (Å²) in [5.74, 6) is 0.846. The zero-order chi connectivity index (χ0) is 15.9. The van der Waals surface area contributed by atoms with Crippen molar-refractivity contribution in [1.29, 1.82) is 0 Å². The number of hydrogen-bond donors (Lipinski definition) is 2. The first-order chi connectivity index (χ1) is 9.56. The molecule has 2 saturated carbocycles. The molecule has 0 aromatic heterocycles. The Morgan fingerprint density at radius 3 is 2.38 bits per heavy atom. The van der Waals surface area contributed by atoms with Gasteiger partial charge in [0, 0.05) is 19.1 Å². The molecule has 2 aliphatic rings. The van der Waals surface area contributed by atoms with Crippen molar-refractivity contribution in [3.8, 4) is 0 Å². The van der Waals surface area contributed by atoms with Gasteiger partial charge in [-0.15, -0.1) is 0 Å². The molecule has 3 atom stereocenters. The van der Waals surface area contributed by atoms with Gasteiger partial charge in [-0.3, -0.25) is 0 Å². The number of nitrogens with one attached hydrogen (secondary N) is 2. The molecule has 0 aromatic rings. The molecule has 0 aliphatic heterocycles. The molecule has 2 fully saturated rings. The predicted molar refractivity (Wildman–Crippen MR) is 85.3 cm³/mol. The van der Waals surface area contributed by atoms with Crippen LogP contribution in [0.15, 0.2) is 0 Å². The van der Waals surface area contributed by atoms with Crippen molar-refractivity contribution in [2.24, 2.45) is 16.7 Å². The topological polar surface area (TPSA) is 50.4 Å². The first-order valence-corrected chi connectivity index (χ1v) is 8.26. The molecule has 4 nitrogen and oxygen atoms in total. The van der Waals surface area contributed by atoms with E-state index in [0.29, 0.717) is 23.4 Å². The molecule has 3 unspecified atom stereocenters. The Bertz CT molecular complexity index is 400. The summed E-state index contributed by atoms with van der Waals surface area (Å²) in [7, 11) is 0. The Morgan fingerprint density at radius 1 is 1.24 bits per heavy atom. The Hall–Kier alpha value is -0.770. The molecule has 122 valence electrons. The van der Waals surface area contributed by atoms with Crippen molar-refractivity contribution in [2.75, 3.05) is 13.1 Å². The fourth-order valence-corrected chi connectivity index (χ4v) is 4.24. The fourth-order valence-electron chi connectivity index (χ4n) is 4.24. The van der Waals surface area contributed by atoms with Crippen LogP contribution in [0.5, 0.6) is 0 Å². The van der Waals surface area contributed by atoms with Crippen molar-refractivity contribution < 1.29 is 9.53 Å². The second kappa shape index (κ2) is 5.45. The fraction of sp³-hybridized carbons (Fsp3) is 0.941. The SMILES string of the molecule is CC(C)(C)OC(=O)NCCNC1CC2CCC1(C)C2(C)C. The molecule has 4 heteroatoms. The second-order valence-electron chi connectivity index (χ2n) is 8.55. The third-order valence-electron chi connectivity index (χ3n) is 5.98. The summed E-state index contributed by atoms with van der Waals surface area (Å²) >= 11 is 0. The Balaban J connectivity index is 1.72. The lowest BCUT2D eigenvalue weighted by Gasteiger charge is -2.39. The number of amides is 1. The molecule has 0 spiro atoms. The van der Waals surface area contributed by atoms with E-state index < -0.39 is 5.60 Å². The first kappa shape index (κ1) is 16.6. The molecule has 21 heavy (non-hydrogen) atoms. The highest BCUT2D eigenvalue weighted by molar-refractivity contribution is 5.67. The van der Waals surface area contributed by atoms with Gasteiger partial charge >= 0.3 is 6.09 Å². The lowest BCUT2D eigenvalue weighted by molar-refractivity contribution is 0.0526. The van der Waals surface area contributed by atoms with Crippen molar-refractivity contribution in [1.82, 2.24) is 10.6 Å². The number of carbonyl (C=O) groups is 1. The second-order valence-corrected chi connectivity index (χ2v) is 8.55. The summed E-state index contributed by atoms with van der Waals surface area (Å²) < 4.78 is 5.23. The summed E-state index contributed by atoms with van der Waals surface area (Å²) in [6, 6.07) is 0.576. The maximum absolute atomic E-state index is 11.6. The molecule has 2 rings (SSSR count). The van der Waals surface area contributed by atoms with Crippen LogP contribution < -0.4 is 10.6 Å². The summed E-state index contributed by atoms with van der Waals surface area (Å²) in [6.45, 7) is 14.3. The highest BCUT2D eigenvalue weighted by Crippen LogP contribution is 2.65. The van der Waals surface area contributed by atoms with E-state index in [9.17, 15) is 4.79 Å². The Kier molecular flexibility index (Phi) is 4.31. The standard InChI is InChI=1S/C17H32N2O2/c1-15(2,3)21-14(20)19-10-9-18-13-11-12-7-8-17(13,6)16(12,4)5/h12-13,18H,7-11H2,1-6H3,(H,19,20).